The number of hydrogen-bond donors (Lipinski definition) is 1. The number of hydrogen-bond acceptors (Lipinski definition) is 7. The van der Waals surface area contributed by atoms with Gasteiger partial charge >= 0.3 is 0 Å². The van der Waals surface area contributed by atoms with Crippen molar-refractivity contribution < 1.29 is 32.2 Å². The second kappa shape index (κ2) is 15.8. The van der Waals surface area contributed by atoms with Gasteiger partial charge in [-0.2, -0.15) is 0 Å². The maximum Gasteiger partial charge on any atom is 0.264 e. The molecule has 0 aliphatic heterocycles. The lowest BCUT2D eigenvalue weighted by molar-refractivity contribution is -0.140. The molecule has 0 aromatic heterocycles. The van der Waals surface area contributed by atoms with Crippen LogP contribution in [0.3, 0.4) is 0 Å². The molecule has 1 fully saturated rings. The Morgan fingerprint density at radius 2 is 1.61 bits per heavy atom. The molecule has 1 aliphatic carbocycles. The van der Waals surface area contributed by atoms with Gasteiger partial charge in [0.1, 0.15) is 18.3 Å². The summed E-state index contributed by atoms with van der Waals surface area (Å²) in [5.74, 6) is 0.434. The zero-order valence-corrected chi connectivity index (χ0v) is 28.1. The van der Waals surface area contributed by atoms with Crippen molar-refractivity contribution in [3.63, 3.8) is 0 Å². The number of anilines is 1. The highest BCUT2D eigenvalue weighted by atomic mass is 32.2. The molecule has 0 bridgehead atoms. The van der Waals surface area contributed by atoms with Crippen molar-refractivity contribution in [1.82, 2.24) is 10.2 Å². The minimum Gasteiger partial charge on any atom is -0.494 e. The molecule has 248 valence electrons. The highest BCUT2D eigenvalue weighted by Crippen LogP contribution is 2.33. The Kier molecular flexibility index (Phi) is 11.9. The summed E-state index contributed by atoms with van der Waals surface area (Å²) in [5, 5.41) is 3.14. The number of sulfonamides is 1. The minimum absolute atomic E-state index is 0.0720. The number of carbonyl (C=O) groups is 2. The van der Waals surface area contributed by atoms with E-state index in [1.54, 1.807) is 24.3 Å². The Hall–Kier alpha value is -4.25. The molecule has 46 heavy (non-hydrogen) atoms. The van der Waals surface area contributed by atoms with Crippen molar-refractivity contribution in [2.24, 2.45) is 0 Å². The molecule has 0 radical (unpaired) electrons. The van der Waals surface area contributed by atoms with E-state index in [2.05, 4.69) is 5.32 Å². The molecular formula is C35H45N3O7S. The van der Waals surface area contributed by atoms with E-state index in [0.29, 0.717) is 24.5 Å². The van der Waals surface area contributed by atoms with Crippen LogP contribution in [0.4, 0.5) is 5.69 Å². The van der Waals surface area contributed by atoms with Crippen LogP contribution in [0.5, 0.6) is 17.2 Å². The van der Waals surface area contributed by atoms with Crippen molar-refractivity contribution in [1.29, 1.82) is 0 Å². The number of nitrogens with one attached hydrogen (secondary N) is 1. The van der Waals surface area contributed by atoms with Gasteiger partial charge in [0, 0.05) is 18.7 Å². The van der Waals surface area contributed by atoms with Gasteiger partial charge in [-0.05, 0) is 80.6 Å². The number of nitrogens with zero attached hydrogens (tertiary/aromatic N) is 2. The van der Waals surface area contributed by atoms with Crippen LogP contribution < -0.4 is 23.8 Å². The van der Waals surface area contributed by atoms with E-state index < -0.39 is 28.5 Å². The van der Waals surface area contributed by atoms with Gasteiger partial charge < -0.3 is 24.4 Å². The number of ether oxygens (including phenoxy) is 3. The van der Waals surface area contributed by atoms with Crippen LogP contribution in [-0.2, 0) is 26.2 Å². The minimum atomic E-state index is -4.31. The Morgan fingerprint density at radius 1 is 0.935 bits per heavy atom. The third-order valence-corrected chi connectivity index (χ3v) is 10.1. The first-order valence-corrected chi connectivity index (χ1v) is 17.2. The summed E-state index contributed by atoms with van der Waals surface area (Å²) in [6.45, 7) is 5.73. The van der Waals surface area contributed by atoms with Gasteiger partial charge in [-0.25, -0.2) is 8.42 Å². The monoisotopic (exact) mass is 651 g/mol. The first-order chi connectivity index (χ1) is 22.1. The lowest BCUT2D eigenvalue weighted by atomic mass is 10.1. The summed E-state index contributed by atoms with van der Waals surface area (Å²) in [6.07, 6.45) is 4.28. The van der Waals surface area contributed by atoms with Gasteiger partial charge in [-0.15, -0.1) is 0 Å². The Morgan fingerprint density at radius 3 is 2.22 bits per heavy atom. The van der Waals surface area contributed by atoms with E-state index in [-0.39, 0.29) is 34.8 Å². The highest BCUT2D eigenvalue weighted by Gasteiger charge is 2.35. The first-order valence-electron chi connectivity index (χ1n) is 15.7. The number of aryl methyl sites for hydroxylation is 1. The number of carbonyl (C=O) groups excluding carboxylic acids is 2. The molecule has 1 saturated carbocycles. The largest absolute Gasteiger partial charge is 0.494 e. The summed E-state index contributed by atoms with van der Waals surface area (Å²) in [4.78, 5) is 29.5. The molecule has 1 unspecified atom stereocenters. The van der Waals surface area contributed by atoms with Crippen LogP contribution in [0.25, 0.3) is 0 Å². The zero-order valence-electron chi connectivity index (χ0n) is 27.3. The van der Waals surface area contributed by atoms with Gasteiger partial charge in [-0.3, -0.25) is 13.9 Å². The first kappa shape index (κ1) is 34.6. The third kappa shape index (κ3) is 8.12. The normalized spacial score (nSPS) is 13.9. The maximum absolute atomic E-state index is 14.4. The fourth-order valence-corrected chi connectivity index (χ4v) is 7.20. The van der Waals surface area contributed by atoms with Gasteiger partial charge in [0.25, 0.3) is 10.0 Å². The fourth-order valence-electron chi connectivity index (χ4n) is 5.77. The fraction of sp³-hybridized carbons (Fsp3) is 0.429. The molecule has 0 heterocycles. The van der Waals surface area contributed by atoms with Crippen LogP contribution >= 0.6 is 0 Å². The van der Waals surface area contributed by atoms with Crippen molar-refractivity contribution in [2.75, 3.05) is 31.7 Å². The molecule has 1 N–H and O–H groups in total. The number of methoxy groups -OCH3 is 2. The lowest BCUT2D eigenvalue weighted by Gasteiger charge is -2.34. The van der Waals surface area contributed by atoms with Crippen molar-refractivity contribution in [2.45, 2.75) is 76.4 Å². The average Bonchev–Trinajstić information content (AvgIpc) is 3.57. The molecule has 0 saturated heterocycles. The number of benzene rings is 3. The Bertz CT molecular complexity index is 1590. The van der Waals surface area contributed by atoms with Crippen molar-refractivity contribution in [3.05, 3.63) is 77.9 Å². The van der Waals surface area contributed by atoms with Gasteiger partial charge in [-0.1, -0.05) is 44.0 Å². The predicted octanol–water partition coefficient (Wildman–Crippen LogP) is 5.47. The quantitative estimate of drug-likeness (QED) is 0.232. The van der Waals surface area contributed by atoms with Crippen LogP contribution in [0.15, 0.2) is 71.6 Å². The average molecular weight is 652 g/mol. The van der Waals surface area contributed by atoms with Gasteiger partial charge in [0.15, 0.2) is 11.5 Å². The molecule has 3 aromatic carbocycles. The zero-order chi connectivity index (χ0) is 33.3. The lowest BCUT2D eigenvalue weighted by Crippen LogP contribution is -2.53. The van der Waals surface area contributed by atoms with Crippen LogP contribution in [0.2, 0.25) is 0 Å². The maximum atomic E-state index is 14.4. The Balaban J connectivity index is 1.76. The number of amides is 2. The van der Waals surface area contributed by atoms with Gasteiger partial charge in [0.05, 0.1) is 31.4 Å². The molecule has 1 aliphatic rings. The standard InChI is InChI=1S/C35H45N3O7S/c1-6-31(35(40)36-27-14-10-11-15-27)37(23-26-13-9-8-12-25(26)3)34(39)24-38(28-16-18-29(19-17-28)45-7-2)46(41,42)30-20-21-32(43-4)33(22-30)44-5/h8-9,12-13,16-22,27,31H,6-7,10-11,14-15,23-24H2,1-5H3,(H,36,40). The molecule has 11 heteroatoms. The summed E-state index contributed by atoms with van der Waals surface area (Å²) in [6, 6.07) is 17.8. The van der Waals surface area contributed by atoms with Crippen LogP contribution in [0.1, 0.15) is 57.1 Å². The van der Waals surface area contributed by atoms with Gasteiger partial charge in [0.2, 0.25) is 11.8 Å². The summed E-state index contributed by atoms with van der Waals surface area (Å²) in [5.41, 5.74) is 2.11. The summed E-state index contributed by atoms with van der Waals surface area (Å²) >= 11 is 0. The SMILES string of the molecule is CCOc1ccc(N(CC(=O)N(Cc2ccccc2C)C(CC)C(=O)NC2CCCC2)S(=O)(=O)c2ccc(OC)c(OC)c2)cc1. The van der Waals surface area contributed by atoms with E-state index >= 15 is 0 Å². The molecular weight excluding hydrogens is 606 g/mol. The van der Waals surface area contributed by atoms with Crippen LogP contribution in [-0.4, -0.2) is 64.6 Å². The topological polar surface area (TPSA) is 114 Å². The predicted molar refractivity (Wildman–Crippen MR) is 178 cm³/mol. The van der Waals surface area contributed by atoms with Crippen LogP contribution in [0, 0.1) is 6.92 Å². The highest BCUT2D eigenvalue weighted by molar-refractivity contribution is 7.92. The molecule has 1 atom stereocenters. The van der Waals surface area contributed by atoms with Crippen molar-refractivity contribution >= 4 is 27.5 Å². The smallest absolute Gasteiger partial charge is 0.264 e. The van der Waals surface area contributed by atoms with E-state index in [0.717, 1.165) is 41.1 Å². The molecule has 0 spiro atoms. The molecule has 10 nitrogen and oxygen atoms in total. The van der Waals surface area contributed by atoms with E-state index in [9.17, 15) is 18.0 Å². The summed E-state index contributed by atoms with van der Waals surface area (Å²) in [7, 11) is -1.42. The number of rotatable bonds is 15. The molecule has 2 amide bonds. The van der Waals surface area contributed by atoms with E-state index in [1.807, 2.05) is 45.0 Å². The second-order valence-electron chi connectivity index (χ2n) is 11.3. The molecule has 4 rings (SSSR count). The van der Waals surface area contributed by atoms with E-state index in [1.165, 1.54) is 37.3 Å². The second-order valence-corrected chi connectivity index (χ2v) is 13.2. The third-order valence-electron chi connectivity index (χ3n) is 8.35. The molecule has 3 aromatic rings. The Labute approximate surface area is 272 Å². The van der Waals surface area contributed by atoms with Crippen molar-refractivity contribution in [3.8, 4) is 17.2 Å². The summed E-state index contributed by atoms with van der Waals surface area (Å²) < 4.78 is 46.0. The van der Waals surface area contributed by atoms with E-state index in [4.69, 9.17) is 14.2 Å².